The first-order valence-electron chi connectivity index (χ1n) is 7.62. The Balaban J connectivity index is 2.15. The highest BCUT2D eigenvalue weighted by molar-refractivity contribution is 6.33. The number of nitrogens with zero attached hydrogens (tertiary/aromatic N) is 1. The first-order chi connectivity index (χ1) is 10.9. The number of piperidine rings is 1. The minimum atomic E-state index is -1.31. The lowest BCUT2D eigenvalue weighted by molar-refractivity contribution is -0.162. The fraction of sp³-hybridized carbons (Fsp3) is 0.500. The van der Waals surface area contributed by atoms with Crippen molar-refractivity contribution < 1.29 is 19.8 Å². The van der Waals surface area contributed by atoms with Gasteiger partial charge in [-0.15, -0.1) is 0 Å². The molecule has 1 aliphatic heterocycles. The molecule has 2 rings (SSSR count). The minimum absolute atomic E-state index is 0.0202. The normalized spacial score (nSPS) is 24.3. The van der Waals surface area contributed by atoms with E-state index < -0.39 is 23.5 Å². The zero-order valence-electron chi connectivity index (χ0n) is 13.0. The maximum atomic E-state index is 12.4. The zero-order valence-corrected chi connectivity index (χ0v) is 13.7. The first-order valence-corrected chi connectivity index (χ1v) is 8.00. The van der Waals surface area contributed by atoms with Gasteiger partial charge in [0.25, 0.3) is 0 Å². The summed E-state index contributed by atoms with van der Waals surface area (Å²) in [6.07, 6.45) is 0.217. The van der Waals surface area contributed by atoms with Crippen molar-refractivity contribution >= 4 is 29.3 Å². The van der Waals surface area contributed by atoms with Crippen LogP contribution in [0.4, 0.5) is 10.5 Å². The summed E-state index contributed by atoms with van der Waals surface area (Å²) in [5.74, 6) is -1.07. The van der Waals surface area contributed by atoms with Crippen LogP contribution in [-0.4, -0.2) is 46.3 Å². The molecule has 1 aromatic carbocycles. The Labute approximate surface area is 140 Å². The topological polar surface area (TPSA) is 89.9 Å². The molecule has 1 saturated heterocycles. The van der Waals surface area contributed by atoms with Gasteiger partial charge in [-0.1, -0.05) is 37.1 Å². The van der Waals surface area contributed by atoms with Crippen LogP contribution in [0.25, 0.3) is 0 Å². The number of urea groups is 1. The van der Waals surface area contributed by atoms with Crippen molar-refractivity contribution in [2.75, 3.05) is 18.4 Å². The first kappa shape index (κ1) is 17.6. The number of carbonyl (C=O) groups is 2. The lowest BCUT2D eigenvalue weighted by atomic mass is 9.74. The Morgan fingerprint density at radius 2 is 2.13 bits per heavy atom. The maximum Gasteiger partial charge on any atom is 0.321 e. The van der Waals surface area contributed by atoms with Gasteiger partial charge in [-0.3, -0.25) is 4.79 Å². The molecular weight excluding hydrogens is 320 g/mol. The van der Waals surface area contributed by atoms with Crippen LogP contribution in [0.3, 0.4) is 0 Å². The summed E-state index contributed by atoms with van der Waals surface area (Å²) in [4.78, 5) is 25.6. The van der Waals surface area contributed by atoms with E-state index in [1.54, 1.807) is 24.3 Å². The van der Waals surface area contributed by atoms with Crippen molar-refractivity contribution in [1.29, 1.82) is 0 Å². The lowest BCUT2D eigenvalue weighted by Gasteiger charge is -2.43. The van der Waals surface area contributed by atoms with Gasteiger partial charge < -0.3 is 20.4 Å². The molecule has 1 aromatic rings. The third-order valence-electron chi connectivity index (χ3n) is 4.31. The van der Waals surface area contributed by atoms with Crippen LogP contribution in [0, 0.1) is 5.41 Å². The highest BCUT2D eigenvalue weighted by Gasteiger charge is 2.49. The number of hydrogen-bond donors (Lipinski definition) is 3. The Hall–Kier alpha value is -1.79. The number of benzene rings is 1. The van der Waals surface area contributed by atoms with Crippen LogP contribution < -0.4 is 5.32 Å². The average Bonchev–Trinajstić information content (AvgIpc) is 2.51. The van der Waals surface area contributed by atoms with E-state index in [1.165, 1.54) is 4.90 Å². The van der Waals surface area contributed by atoms with E-state index in [0.29, 0.717) is 30.1 Å². The van der Waals surface area contributed by atoms with Gasteiger partial charge in [-0.2, -0.15) is 0 Å². The number of nitrogens with one attached hydrogen (secondary N) is 1. The molecule has 0 spiro atoms. The smallest absolute Gasteiger partial charge is 0.321 e. The fourth-order valence-corrected chi connectivity index (χ4v) is 3.20. The second-order valence-electron chi connectivity index (χ2n) is 5.85. The number of carboxylic acid groups (broad SMARTS) is 1. The molecule has 1 aliphatic rings. The van der Waals surface area contributed by atoms with E-state index in [1.807, 2.05) is 6.92 Å². The summed E-state index contributed by atoms with van der Waals surface area (Å²) in [5, 5.41) is 22.9. The van der Waals surface area contributed by atoms with Crippen LogP contribution in [0.2, 0.25) is 5.02 Å². The van der Waals surface area contributed by atoms with Crippen molar-refractivity contribution in [2.24, 2.45) is 5.41 Å². The third-order valence-corrected chi connectivity index (χ3v) is 4.64. The number of amides is 2. The Kier molecular flexibility index (Phi) is 5.49. The standard InChI is InChI=1S/C16H21ClN2O4/c1-2-8-16(14(21)22)10-19(9-7-13(16)20)15(23)18-12-6-4-3-5-11(12)17/h3-6,13,20H,2,7-10H2,1H3,(H,18,23)(H,21,22)/t13-,16-/m1/s1. The quantitative estimate of drug-likeness (QED) is 0.786. The molecular formula is C16H21ClN2O4. The van der Waals surface area contributed by atoms with Gasteiger partial charge in [0, 0.05) is 13.1 Å². The molecule has 1 heterocycles. The molecule has 0 aromatic heterocycles. The molecule has 0 aliphatic carbocycles. The van der Waals surface area contributed by atoms with E-state index >= 15 is 0 Å². The van der Waals surface area contributed by atoms with Crippen molar-refractivity contribution in [1.82, 2.24) is 4.90 Å². The molecule has 2 amide bonds. The van der Waals surface area contributed by atoms with Crippen LogP contribution in [0.5, 0.6) is 0 Å². The number of hydrogen-bond acceptors (Lipinski definition) is 3. The molecule has 7 heteroatoms. The molecule has 0 bridgehead atoms. The molecule has 6 nitrogen and oxygen atoms in total. The van der Waals surface area contributed by atoms with E-state index in [2.05, 4.69) is 5.32 Å². The molecule has 2 atom stereocenters. The number of aliphatic carboxylic acids is 1. The summed E-state index contributed by atoms with van der Waals surface area (Å²) in [6, 6.07) is 6.43. The lowest BCUT2D eigenvalue weighted by Crippen LogP contribution is -2.57. The van der Waals surface area contributed by atoms with E-state index in [-0.39, 0.29) is 13.0 Å². The summed E-state index contributed by atoms with van der Waals surface area (Å²) in [7, 11) is 0. The second kappa shape index (κ2) is 7.19. The summed E-state index contributed by atoms with van der Waals surface area (Å²) < 4.78 is 0. The Morgan fingerprint density at radius 1 is 1.43 bits per heavy atom. The highest BCUT2D eigenvalue weighted by atomic mass is 35.5. The third kappa shape index (κ3) is 3.59. The number of anilines is 1. The molecule has 0 saturated carbocycles. The Bertz CT molecular complexity index is 595. The average molecular weight is 341 g/mol. The number of carbonyl (C=O) groups excluding carboxylic acids is 1. The summed E-state index contributed by atoms with van der Waals surface area (Å²) in [6.45, 7) is 2.14. The van der Waals surface area contributed by atoms with Gasteiger partial charge >= 0.3 is 12.0 Å². The van der Waals surface area contributed by atoms with Crippen molar-refractivity contribution in [3.63, 3.8) is 0 Å². The van der Waals surface area contributed by atoms with Crippen molar-refractivity contribution in [3.8, 4) is 0 Å². The van der Waals surface area contributed by atoms with Gasteiger partial charge in [-0.05, 0) is 25.0 Å². The highest BCUT2D eigenvalue weighted by Crippen LogP contribution is 2.36. The number of halogens is 1. The number of aliphatic hydroxyl groups excluding tert-OH is 1. The van der Waals surface area contributed by atoms with Gasteiger partial charge in [0.1, 0.15) is 5.41 Å². The SMILES string of the molecule is CCC[C@@]1(C(=O)O)CN(C(=O)Nc2ccccc2Cl)CC[C@H]1O. The van der Waals surface area contributed by atoms with E-state index in [0.717, 1.165) is 0 Å². The fourth-order valence-electron chi connectivity index (χ4n) is 3.02. The van der Waals surface area contributed by atoms with Gasteiger partial charge in [0.15, 0.2) is 0 Å². The van der Waals surface area contributed by atoms with Crippen LogP contribution >= 0.6 is 11.6 Å². The van der Waals surface area contributed by atoms with E-state index in [4.69, 9.17) is 11.6 Å². The minimum Gasteiger partial charge on any atom is -0.481 e. The van der Waals surface area contributed by atoms with Crippen LogP contribution in [0.1, 0.15) is 26.2 Å². The number of rotatable bonds is 4. The summed E-state index contributed by atoms with van der Waals surface area (Å²) in [5.41, 5.74) is -0.841. The van der Waals surface area contributed by atoms with Crippen molar-refractivity contribution in [3.05, 3.63) is 29.3 Å². The summed E-state index contributed by atoms with van der Waals surface area (Å²) >= 11 is 6.02. The molecule has 126 valence electrons. The van der Waals surface area contributed by atoms with Crippen LogP contribution in [0.15, 0.2) is 24.3 Å². The predicted octanol–water partition coefficient (Wildman–Crippen LogP) is 2.81. The number of carboxylic acids is 1. The molecule has 0 radical (unpaired) electrons. The molecule has 23 heavy (non-hydrogen) atoms. The molecule has 3 N–H and O–H groups in total. The zero-order chi connectivity index (χ0) is 17.0. The number of para-hydroxylation sites is 1. The van der Waals surface area contributed by atoms with Crippen LogP contribution in [-0.2, 0) is 4.79 Å². The predicted molar refractivity (Wildman–Crippen MR) is 87.6 cm³/mol. The number of likely N-dealkylation sites (tertiary alicyclic amines) is 1. The molecule has 0 unspecified atom stereocenters. The van der Waals surface area contributed by atoms with Gasteiger partial charge in [0.2, 0.25) is 0 Å². The maximum absolute atomic E-state index is 12.4. The number of aliphatic hydroxyl groups is 1. The van der Waals surface area contributed by atoms with Crippen molar-refractivity contribution in [2.45, 2.75) is 32.3 Å². The largest absolute Gasteiger partial charge is 0.481 e. The second-order valence-corrected chi connectivity index (χ2v) is 6.25. The molecule has 1 fully saturated rings. The monoisotopic (exact) mass is 340 g/mol. The van der Waals surface area contributed by atoms with E-state index in [9.17, 15) is 19.8 Å². The van der Waals surface area contributed by atoms with Gasteiger partial charge in [-0.25, -0.2) is 4.79 Å². The van der Waals surface area contributed by atoms with Gasteiger partial charge in [0.05, 0.1) is 16.8 Å². The Morgan fingerprint density at radius 3 is 2.74 bits per heavy atom.